The van der Waals surface area contributed by atoms with Crippen LogP contribution >= 0.6 is 0 Å². The van der Waals surface area contributed by atoms with Crippen LogP contribution in [-0.2, 0) is 23.9 Å². The Bertz CT molecular complexity index is 1000. The van der Waals surface area contributed by atoms with Gasteiger partial charge in [0.2, 0.25) is 11.8 Å². The van der Waals surface area contributed by atoms with Gasteiger partial charge in [0.05, 0.1) is 18.2 Å². The summed E-state index contributed by atoms with van der Waals surface area (Å²) in [5.74, 6) is 1.77. The molecule has 4 fully saturated rings. The molecule has 8 nitrogen and oxygen atoms in total. The Hall–Kier alpha value is -2.22. The third kappa shape index (κ3) is 3.50. The highest BCUT2D eigenvalue weighted by atomic mass is 16.5. The molecule has 35 heavy (non-hydrogen) atoms. The van der Waals surface area contributed by atoms with Crippen LogP contribution < -0.4 is 11.1 Å². The Morgan fingerprint density at radius 3 is 2.66 bits per heavy atom. The van der Waals surface area contributed by atoms with Crippen LogP contribution in [0.3, 0.4) is 0 Å². The predicted octanol–water partition coefficient (Wildman–Crippen LogP) is 2.16. The van der Waals surface area contributed by atoms with Gasteiger partial charge in [-0.05, 0) is 62.7 Å². The molecule has 1 spiro atoms. The van der Waals surface area contributed by atoms with E-state index >= 15 is 0 Å². The lowest BCUT2D eigenvalue weighted by Crippen LogP contribution is -2.47. The topological polar surface area (TPSA) is 120 Å². The number of aliphatic imine (C=N–C) groups is 1. The van der Waals surface area contributed by atoms with Gasteiger partial charge in [-0.15, -0.1) is 0 Å². The molecule has 3 saturated carbocycles. The van der Waals surface area contributed by atoms with Gasteiger partial charge in [-0.3, -0.25) is 14.6 Å². The van der Waals surface area contributed by atoms with Gasteiger partial charge in [0, 0.05) is 41.8 Å². The standard InChI is InChI=1S/C27H37N3O5/c1-14-9-26(14)11-23(32)29-22(26)13-35-25-17-8-20(34-2)18(24(28)33)7-19(17)27(10-21(27)30-25)16-5-3-15(12-31)4-6-16/h7,12,14-17,19-22H,3-6,8-11,13H2,1-2H3,(H2,28,33)(H,29,32)/t14?,15?,16?,17?,19?,20?,21?,22-,26+,27?/m0/s1. The highest BCUT2D eigenvalue weighted by molar-refractivity contribution is 5.94. The van der Waals surface area contributed by atoms with Crippen molar-refractivity contribution in [3.63, 3.8) is 0 Å². The molecule has 8 heteroatoms. The minimum atomic E-state index is -0.421. The first-order chi connectivity index (χ1) is 16.8. The van der Waals surface area contributed by atoms with E-state index in [1.54, 1.807) is 7.11 Å². The number of methoxy groups -OCH3 is 1. The molecule has 1 saturated heterocycles. The number of ether oxygens (including phenoxy) is 2. The maximum Gasteiger partial charge on any atom is 0.246 e. The van der Waals surface area contributed by atoms with Crippen molar-refractivity contribution in [2.24, 2.45) is 51.1 Å². The van der Waals surface area contributed by atoms with Crippen molar-refractivity contribution in [2.45, 2.75) is 76.5 Å². The molecule has 6 rings (SSSR count). The third-order valence-electron chi connectivity index (χ3n) is 10.6. The zero-order chi connectivity index (χ0) is 24.5. The maximum atomic E-state index is 12.3. The number of nitrogens with zero attached hydrogens (tertiary/aromatic N) is 1. The number of carbonyl (C=O) groups is 3. The molecule has 2 amide bonds. The molecule has 6 unspecified atom stereocenters. The molecule has 4 aliphatic carbocycles. The normalized spacial score (nSPS) is 47.7. The number of amides is 2. The minimum absolute atomic E-state index is 0.0125. The molecule has 190 valence electrons. The number of allylic oxidation sites excluding steroid dienone is 1. The van der Waals surface area contributed by atoms with Crippen molar-refractivity contribution < 1.29 is 23.9 Å². The van der Waals surface area contributed by atoms with E-state index < -0.39 is 5.91 Å². The van der Waals surface area contributed by atoms with Gasteiger partial charge in [0.25, 0.3) is 0 Å². The molecule has 8 atom stereocenters. The zero-order valence-electron chi connectivity index (χ0n) is 20.7. The first-order valence-electron chi connectivity index (χ1n) is 13.3. The van der Waals surface area contributed by atoms with Crippen LogP contribution in [0.25, 0.3) is 0 Å². The van der Waals surface area contributed by atoms with E-state index in [0.29, 0.717) is 36.9 Å². The second-order valence-electron chi connectivity index (χ2n) is 12.1. The Balaban J connectivity index is 1.28. The fourth-order valence-corrected chi connectivity index (χ4v) is 8.30. The Morgan fingerprint density at radius 1 is 1.29 bits per heavy atom. The Labute approximate surface area is 206 Å². The molecule has 0 aromatic heterocycles. The molecule has 2 heterocycles. The van der Waals surface area contributed by atoms with Gasteiger partial charge in [-0.25, -0.2) is 0 Å². The highest BCUT2D eigenvalue weighted by Crippen LogP contribution is 2.68. The average molecular weight is 484 g/mol. The first-order valence-corrected chi connectivity index (χ1v) is 13.3. The number of hydrogen-bond donors (Lipinski definition) is 2. The Morgan fingerprint density at radius 2 is 2.03 bits per heavy atom. The van der Waals surface area contributed by atoms with Crippen molar-refractivity contribution in [2.75, 3.05) is 13.7 Å². The van der Waals surface area contributed by atoms with Crippen molar-refractivity contribution >= 4 is 24.0 Å². The van der Waals surface area contributed by atoms with E-state index in [1.807, 2.05) is 0 Å². The molecule has 0 radical (unpaired) electrons. The summed E-state index contributed by atoms with van der Waals surface area (Å²) in [6, 6.07) is 0.196. The fraction of sp³-hybridized carbons (Fsp3) is 0.778. The number of fused-ring (bicyclic) bond motifs is 3. The lowest BCUT2D eigenvalue weighted by molar-refractivity contribution is -0.119. The van der Waals surface area contributed by atoms with Crippen LogP contribution in [0.15, 0.2) is 16.6 Å². The largest absolute Gasteiger partial charge is 0.479 e. The summed E-state index contributed by atoms with van der Waals surface area (Å²) in [4.78, 5) is 41.0. The van der Waals surface area contributed by atoms with Crippen LogP contribution in [0, 0.1) is 40.4 Å². The number of nitrogens with two attached hydrogens (primary N) is 1. The van der Waals surface area contributed by atoms with Crippen molar-refractivity contribution in [3.8, 4) is 0 Å². The van der Waals surface area contributed by atoms with E-state index in [9.17, 15) is 14.4 Å². The van der Waals surface area contributed by atoms with Crippen molar-refractivity contribution in [1.29, 1.82) is 0 Å². The average Bonchev–Trinajstić information content (AvgIpc) is 3.72. The number of nitrogens with one attached hydrogen (secondary N) is 1. The highest BCUT2D eigenvalue weighted by Gasteiger charge is 2.68. The summed E-state index contributed by atoms with van der Waals surface area (Å²) in [6.45, 7) is 2.64. The van der Waals surface area contributed by atoms with Crippen molar-refractivity contribution in [1.82, 2.24) is 5.32 Å². The summed E-state index contributed by atoms with van der Waals surface area (Å²) >= 11 is 0. The molecular weight excluding hydrogens is 446 g/mol. The molecule has 2 aliphatic heterocycles. The molecule has 0 aromatic rings. The summed E-state index contributed by atoms with van der Waals surface area (Å²) in [5, 5.41) is 3.14. The quantitative estimate of drug-likeness (QED) is 0.561. The van der Waals surface area contributed by atoms with Crippen molar-refractivity contribution in [3.05, 3.63) is 11.6 Å². The number of aldehydes is 1. The third-order valence-corrected chi connectivity index (χ3v) is 10.6. The van der Waals surface area contributed by atoms with Gasteiger partial charge in [-0.2, -0.15) is 0 Å². The van der Waals surface area contributed by atoms with Gasteiger partial charge < -0.3 is 25.3 Å². The summed E-state index contributed by atoms with van der Waals surface area (Å²) in [7, 11) is 1.62. The molecule has 3 N–H and O–H groups in total. The van der Waals surface area contributed by atoms with E-state index in [0.717, 1.165) is 50.7 Å². The Kier molecular flexibility index (Phi) is 5.40. The lowest BCUT2D eigenvalue weighted by Gasteiger charge is -2.45. The van der Waals surface area contributed by atoms with E-state index in [2.05, 4.69) is 18.3 Å². The SMILES string of the molecule is COC1CC2C(OC[C@@H]3NC(=O)C[C@@]34CC4C)=NC3CC3(C3CCC(C=O)CC3)C2C=C1C(N)=O. The molecule has 0 bridgehead atoms. The summed E-state index contributed by atoms with van der Waals surface area (Å²) < 4.78 is 12.1. The van der Waals surface area contributed by atoms with E-state index in [4.69, 9.17) is 20.2 Å². The predicted molar refractivity (Wildman–Crippen MR) is 128 cm³/mol. The monoisotopic (exact) mass is 483 g/mol. The molecular formula is C27H37N3O5. The minimum Gasteiger partial charge on any atom is -0.479 e. The number of rotatable bonds is 6. The smallest absolute Gasteiger partial charge is 0.246 e. The van der Waals surface area contributed by atoms with Crippen LogP contribution in [0.5, 0.6) is 0 Å². The second kappa shape index (κ2) is 8.15. The zero-order valence-corrected chi connectivity index (χ0v) is 20.7. The van der Waals surface area contributed by atoms with Crippen LogP contribution in [0.1, 0.15) is 58.3 Å². The van der Waals surface area contributed by atoms with Crippen LogP contribution in [-0.4, -0.2) is 55.9 Å². The molecule has 6 aliphatic rings. The fourth-order valence-electron chi connectivity index (χ4n) is 8.30. The van der Waals surface area contributed by atoms with Gasteiger partial charge >= 0.3 is 0 Å². The van der Waals surface area contributed by atoms with E-state index in [-0.39, 0.29) is 52.7 Å². The summed E-state index contributed by atoms with van der Waals surface area (Å²) in [5.41, 5.74) is 6.40. The van der Waals surface area contributed by atoms with Gasteiger partial charge in [-0.1, -0.05) is 13.0 Å². The summed E-state index contributed by atoms with van der Waals surface area (Å²) in [6.07, 6.45) is 9.98. The van der Waals surface area contributed by atoms with Gasteiger partial charge in [0.1, 0.15) is 12.9 Å². The van der Waals surface area contributed by atoms with Gasteiger partial charge in [0.15, 0.2) is 5.90 Å². The second-order valence-corrected chi connectivity index (χ2v) is 12.1. The van der Waals surface area contributed by atoms with Crippen LogP contribution in [0.4, 0.5) is 0 Å². The lowest BCUT2D eigenvalue weighted by atomic mass is 9.61. The molecule has 0 aromatic carbocycles. The first kappa shape index (κ1) is 23.2. The van der Waals surface area contributed by atoms with E-state index in [1.165, 1.54) is 0 Å². The number of primary amides is 1. The van der Waals surface area contributed by atoms with Crippen LogP contribution in [0.2, 0.25) is 0 Å². The number of hydrogen-bond acceptors (Lipinski definition) is 6. The number of carbonyl (C=O) groups excluding carboxylic acids is 3. The maximum absolute atomic E-state index is 12.3.